The largest absolute Gasteiger partial charge is 0.507 e. The van der Waals surface area contributed by atoms with Gasteiger partial charge in [0.05, 0.1) is 5.69 Å². The molecule has 2 aromatic rings. The molecule has 3 N–H and O–H groups in total. The number of benzene rings is 2. The minimum absolute atomic E-state index is 0.179. The van der Waals surface area contributed by atoms with Crippen molar-refractivity contribution in [1.82, 2.24) is 0 Å². The van der Waals surface area contributed by atoms with Crippen LogP contribution in [0.2, 0.25) is 0 Å². The lowest BCUT2D eigenvalue weighted by Crippen LogP contribution is -1.99. The Balaban J connectivity index is 2.43. The molecule has 0 saturated heterocycles. The lowest BCUT2D eigenvalue weighted by molar-refractivity contribution is 0.473. The summed E-state index contributed by atoms with van der Waals surface area (Å²) in [7, 11) is 0. The minimum Gasteiger partial charge on any atom is -0.507 e. The minimum atomic E-state index is 0.179. The molecule has 2 aromatic carbocycles. The van der Waals surface area contributed by atoms with Crippen LogP contribution in [0.1, 0.15) is 56.7 Å². The summed E-state index contributed by atoms with van der Waals surface area (Å²) < 4.78 is 0. The predicted molar refractivity (Wildman–Crippen MR) is 108 cm³/mol. The van der Waals surface area contributed by atoms with Crippen LogP contribution in [0.15, 0.2) is 46.4 Å². The second-order valence-electron chi connectivity index (χ2n) is 6.58. The molecule has 0 saturated carbocycles. The fourth-order valence-corrected chi connectivity index (χ4v) is 2.36. The highest BCUT2D eigenvalue weighted by Gasteiger charge is 2.11. The molecule has 2 rings (SSSR count). The van der Waals surface area contributed by atoms with E-state index in [2.05, 4.69) is 23.8 Å². The number of nitrogens with zero attached hydrogens (tertiary/aromatic N) is 2. The molecule has 1 atom stereocenters. The first-order valence-electron chi connectivity index (χ1n) is 8.70. The molecule has 0 aliphatic rings. The number of phenols is 1. The van der Waals surface area contributed by atoms with Gasteiger partial charge in [0.1, 0.15) is 5.75 Å². The first-order valence-corrected chi connectivity index (χ1v) is 8.70. The second-order valence-corrected chi connectivity index (χ2v) is 6.58. The first-order chi connectivity index (χ1) is 11.9. The van der Waals surface area contributed by atoms with Crippen molar-refractivity contribution in [1.29, 1.82) is 0 Å². The van der Waals surface area contributed by atoms with E-state index in [0.29, 0.717) is 17.2 Å². The van der Waals surface area contributed by atoms with Gasteiger partial charge >= 0.3 is 0 Å². The van der Waals surface area contributed by atoms with Gasteiger partial charge in [-0.05, 0) is 68.1 Å². The molecular weight excluding hydrogens is 310 g/mol. The number of nitrogens with two attached hydrogens (primary N) is 1. The van der Waals surface area contributed by atoms with Crippen LogP contribution in [-0.2, 0) is 0 Å². The third-order valence-corrected chi connectivity index (χ3v) is 4.13. The normalized spacial score (nSPS) is 13.2. The topological polar surface area (TPSA) is 71.0 Å². The van der Waals surface area contributed by atoms with Crippen molar-refractivity contribution in [3.63, 3.8) is 0 Å². The van der Waals surface area contributed by atoms with Crippen LogP contribution in [0, 0.1) is 0 Å². The Hall–Kier alpha value is -2.62. The molecule has 132 valence electrons. The second kappa shape index (κ2) is 8.47. The Morgan fingerprint density at radius 1 is 1.04 bits per heavy atom. The molecular formula is C21H27N3O. The monoisotopic (exact) mass is 337 g/mol. The van der Waals surface area contributed by atoms with Gasteiger partial charge in [-0.2, -0.15) is 0 Å². The van der Waals surface area contributed by atoms with Crippen LogP contribution in [0.25, 0.3) is 0 Å². The molecule has 0 heterocycles. The number of nitrogen functional groups attached to an aromatic ring is 1. The van der Waals surface area contributed by atoms with E-state index in [1.807, 2.05) is 50.2 Å². The summed E-state index contributed by atoms with van der Waals surface area (Å²) in [6.07, 6.45) is 4.46. The number of phenolic OH excluding ortho intramolecular Hbond substituents is 1. The molecule has 0 bridgehead atoms. The molecule has 4 nitrogen and oxygen atoms in total. The number of rotatable bonds is 6. The lowest BCUT2D eigenvalue weighted by Gasteiger charge is -2.13. The van der Waals surface area contributed by atoms with E-state index in [4.69, 9.17) is 5.73 Å². The number of anilines is 1. The van der Waals surface area contributed by atoms with Gasteiger partial charge in [-0.25, -0.2) is 0 Å². The van der Waals surface area contributed by atoms with Crippen molar-refractivity contribution in [3.8, 4) is 5.75 Å². The maximum absolute atomic E-state index is 10.6. The van der Waals surface area contributed by atoms with Gasteiger partial charge in [-0.3, -0.25) is 9.98 Å². The van der Waals surface area contributed by atoms with E-state index < -0.39 is 0 Å². The molecule has 0 spiro atoms. The van der Waals surface area contributed by atoms with Crippen molar-refractivity contribution < 1.29 is 5.11 Å². The molecule has 0 amide bonds. The highest BCUT2D eigenvalue weighted by Crippen LogP contribution is 2.28. The standard InChI is InChI=1S/C21H27N3O/c1-5-15(4)16-10-17(12-23-14(2)3)21(25)18(11-16)13-24-20-8-6-19(22)7-9-20/h6-15,25H,5,22H2,1-4H3. The van der Waals surface area contributed by atoms with Crippen molar-refractivity contribution >= 4 is 23.8 Å². The summed E-state index contributed by atoms with van der Waals surface area (Å²) in [6, 6.07) is 11.5. The number of aromatic hydroxyl groups is 1. The number of hydrogen-bond acceptors (Lipinski definition) is 4. The highest BCUT2D eigenvalue weighted by atomic mass is 16.3. The molecule has 25 heavy (non-hydrogen) atoms. The Labute approximate surface area is 150 Å². The van der Waals surface area contributed by atoms with Crippen molar-refractivity contribution in [2.24, 2.45) is 9.98 Å². The summed E-state index contributed by atoms with van der Waals surface area (Å²) in [5, 5.41) is 10.6. The fraction of sp³-hybridized carbons (Fsp3) is 0.333. The van der Waals surface area contributed by atoms with Gasteiger partial charge < -0.3 is 10.8 Å². The maximum Gasteiger partial charge on any atom is 0.133 e. The SMILES string of the molecule is CCC(C)c1cc(C=Nc2ccc(N)cc2)c(O)c(C=NC(C)C)c1. The Bertz CT molecular complexity index is 761. The number of aliphatic imine (C=N–C) groups is 2. The quantitative estimate of drug-likeness (QED) is 0.571. The van der Waals surface area contributed by atoms with Gasteiger partial charge in [0.2, 0.25) is 0 Å². The molecule has 1 unspecified atom stereocenters. The third kappa shape index (κ3) is 5.18. The van der Waals surface area contributed by atoms with Crippen molar-refractivity contribution in [2.75, 3.05) is 5.73 Å². The maximum atomic E-state index is 10.6. The Morgan fingerprint density at radius 3 is 2.20 bits per heavy atom. The van der Waals surface area contributed by atoms with E-state index >= 15 is 0 Å². The van der Waals surface area contributed by atoms with Crippen LogP contribution in [0.5, 0.6) is 5.75 Å². The molecule has 0 radical (unpaired) electrons. The van der Waals surface area contributed by atoms with E-state index in [1.54, 1.807) is 12.4 Å². The van der Waals surface area contributed by atoms with Crippen molar-refractivity contribution in [2.45, 2.75) is 46.1 Å². The van der Waals surface area contributed by atoms with E-state index in [1.165, 1.54) is 5.56 Å². The fourth-order valence-electron chi connectivity index (χ4n) is 2.36. The smallest absolute Gasteiger partial charge is 0.133 e. The van der Waals surface area contributed by atoms with E-state index in [9.17, 15) is 5.11 Å². The highest BCUT2D eigenvalue weighted by molar-refractivity contribution is 5.93. The Kier molecular flexibility index (Phi) is 6.34. The van der Waals surface area contributed by atoms with Gasteiger partial charge in [0.25, 0.3) is 0 Å². The lowest BCUT2D eigenvalue weighted by atomic mass is 9.94. The zero-order chi connectivity index (χ0) is 18.4. The predicted octanol–water partition coefficient (Wildman–Crippen LogP) is 5.07. The van der Waals surface area contributed by atoms with Gasteiger partial charge in [-0.15, -0.1) is 0 Å². The first kappa shape index (κ1) is 18.7. The average molecular weight is 337 g/mol. The number of hydrogen-bond donors (Lipinski definition) is 2. The van der Waals surface area contributed by atoms with Gasteiger partial charge in [0, 0.05) is 35.3 Å². The summed E-state index contributed by atoms with van der Waals surface area (Å²) in [6.45, 7) is 8.35. The van der Waals surface area contributed by atoms with Gasteiger partial charge in [0.15, 0.2) is 0 Å². The van der Waals surface area contributed by atoms with Crippen LogP contribution >= 0.6 is 0 Å². The summed E-state index contributed by atoms with van der Waals surface area (Å²) >= 11 is 0. The molecule has 0 aliphatic heterocycles. The van der Waals surface area contributed by atoms with Crippen LogP contribution in [0.3, 0.4) is 0 Å². The van der Waals surface area contributed by atoms with Crippen molar-refractivity contribution in [3.05, 3.63) is 53.1 Å². The molecule has 0 aliphatic carbocycles. The zero-order valence-electron chi connectivity index (χ0n) is 15.4. The van der Waals surface area contributed by atoms with Crippen LogP contribution in [-0.4, -0.2) is 23.6 Å². The molecule has 4 heteroatoms. The van der Waals surface area contributed by atoms with Crippen LogP contribution in [0.4, 0.5) is 11.4 Å². The van der Waals surface area contributed by atoms with E-state index in [0.717, 1.165) is 17.7 Å². The van der Waals surface area contributed by atoms with E-state index in [-0.39, 0.29) is 11.8 Å². The zero-order valence-corrected chi connectivity index (χ0v) is 15.4. The summed E-state index contributed by atoms with van der Waals surface area (Å²) in [5.41, 5.74) is 9.78. The van der Waals surface area contributed by atoms with Gasteiger partial charge in [-0.1, -0.05) is 13.8 Å². The Morgan fingerprint density at radius 2 is 1.64 bits per heavy atom. The molecule has 0 fully saturated rings. The summed E-state index contributed by atoms with van der Waals surface area (Å²) in [5.74, 6) is 0.603. The molecule has 0 aromatic heterocycles. The van der Waals surface area contributed by atoms with Crippen LogP contribution < -0.4 is 5.73 Å². The average Bonchev–Trinajstić information content (AvgIpc) is 2.60. The summed E-state index contributed by atoms with van der Waals surface area (Å²) in [4.78, 5) is 8.86. The third-order valence-electron chi connectivity index (χ3n) is 4.13.